The Labute approximate surface area is 141 Å². The van der Waals surface area contributed by atoms with Crippen LogP contribution in [0.3, 0.4) is 0 Å². The third-order valence-corrected chi connectivity index (χ3v) is 5.00. The highest BCUT2D eigenvalue weighted by Gasteiger charge is 2.52. The van der Waals surface area contributed by atoms with Gasteiger partial charge in [0.25, 0.3) is 0 Å². The fourth-order valence-corrected chi connectivity index (χ4v) is 3.61. The zero-order valence-electron chi connectivity index (χ0n) is 13.8. The lowest BCUT2D eigenvalue weighted by atomic mass is 9.84. The van der Waals surface area contributed by atoms with Crippen LogP contribution in [0.4, 0.5) is 0 Å². The van der Waals surface area contributed by atoms with Crippen molar-refractivity contribution in [3.8, 4) is 5.75 Å². The molecule has 1 saturated heterocycles. The lowest BCUT2D eigenvalue weighted by Gasteiger charge is -2.20. The number of likely N-dealkylation sites (tertiary alicyclic amines) is 1. The number of nitrogens with one attached hydrogen (secondary N) is 1. The number of ether oxygens (including phenoxy) is 1. The normalized spacial score (nSPS) is 19.1. The summed E-state index contributed by atoms with van der Waals surface area (Å²) in [6.07, 6.45) is 3.76. The second kappa shape index (κ2) is 6.63. The highest BCUT2D eigenvalue weighted by molar-refractivity contribution is 6.08. The van der Waals surface area contributed by atoms with Gasteiger partial charge in [0.2, 0.25) is 17.7 Å². The quantitative estimate of drug-likeness (QED) is 0.833. The molecule has 1 N–H and O–H groups in total. The zero-order valence-corrected chi connectivity index (χ0v) is 13.8. The SMILES string of the molecule is COc1ccc(CNC(=O)CN2C(=O)CC3(CCCC3)C2=O)cc1. The lowest BCUT2D eigenvalue weighted by molar-refractivity contribution is -0.144. The van der Waals surface area contributed by atoms with Gasteiger partial charge in [0.15, 0.2) is 0 Å². The number of hydrogen-bond acceptors (Lipinski definition) is 4. The predicted octanol–water partition coefficient (Wildman–Crippen LogP) is 1.63. The molecule has 0 atom stereocenters. The van der Waals surface area contributed by atoms with Crippen molar-refractivity contribution in [2.24, 2.45) is 5.41 Å². The number of amides is 3. The fraction of sp³-hybridized carbons (Fsp3) is 0.500. The summed E-state index contributed by atoms with van der Waals surface area (Å²) in [7, 11) is 1.60. The van der Waals surface area contributed by atoms with Crippen molar-refractivity contribution >= 4 is 17.7 Å². The molecule has 1 aliphatic carbocycles. The Morgan fingerprint density at radius 1 is 1.21 bits per heavy atom. The molecule has 3 amide bonds. The van der Waals surface area contributed by atoms with Crippen LogP contribution in [-0.2, 0) is 20.9 Å². The van der Waals surface area contributed by atoms with E-state index in [2.05, 4.69) is 5.32 Å². The molecule has 6 nitrogen and oxygen atoms in total. The molecule has 1 saturated carbocycles. The summed E-state index contributed by atoms with van der Waals surface area (Å²) >= 11 is 0. The van der Waals surface area contributed by atoms with Crippen molar-refractivity contribution in [3.63, 3.8) is 0 Å². The van der Waals surface area contributed by atoms with Gasteiger partial charge in [-0.1, -0.05) is 25.0 Å². The molecule has 0 aromatic heterocycles. The molecule has 0 radical (unpaired) electrons. The molecule has 0 bridgehead atoms. The van der Waals surface area contributed by atoms with Gasteiger partial charge in [0.05, 0.1) is 12.5 Å². The minimum atomic E-state index is -0.520. The summed E-state index contributed by atoms with van der Waals surface area (Å²) in [5.74, 6) is 0.0499. The third kappa shape index (κ3) is 3.13. The lowest BCUT2D eigenvalue weighted by Crippen LogP contribution is -2.42. The zero-order chi connectivity index (χ0) is 17.2. The standard InChI is InChI=1S/C18H22N2O4/c1-24-14-6-4-13(5-7-14)11-19-15(21)12-20-16(22)10-18(17(20)23)8-2-3-9-18/h4-7H,2-3,8-12H2,1H3,(H,19,21). The summed E-state index contributed by atoms with van der Waals surface area (Å²) < 4.78 is 5.08. The molecule has 2 fully saturated rings. The number of imide groups is 1. The van der Waals surface area contributed by atoms with Crippen molar-refractivity contribution in [1.82, 2.24) is 10.2 Å². The first kappa shape index (κ1) is 16.5. The Bertz CT molecular complexity index is 647. The van der Waals surface area contributed by atoms with E-state index in [1.807, 2.05) is 24.3 Å². The van der Waals surface area contributed by atoms with E-state index in [0.717, 1.165) is 41.9 Å². The van der Waals surface area contributed by atoms with Crippen molar-refractivity contribution in [2.45, 2.75) is 38.6 Å². The van der Waals surface area contributed by atoms with Crippen LogP contribution in [0, 0.1) is 5.41 Å². The Kier molecular flexibility index (Phi) is 4.55. The Morgan fingerprint density at radius 2 is 1.88 bits per heavy atom. The minimum Gasteiger partial charge on any atom is -0.497 e. The van der Waals surface area contributed by atoms with Gasteiger partial charge in [0, 0.05) is 13.0 Å². The largest absolute Gasteiger partial charge is 0.497 e. The van der Waals surface area contributed by atoms with Gasteiger partial charge in [-0.05, 0) is 30.5 Å². The number of carbonyl (C=O) groups is 3. The van der Waals surface area contributed by atoms with Gasteiger partial charge in [0.1, 0.15) is 12.3 Å². The van der Waals surface area contributed by atoms with E-state index in [9.17, 15) is 14.4 Å². The Balaban J connectivity index is 1.54. The topological polar surface area (TPSA) is 75.7 Å². The van der Waals surface area contributed by atoms with Gasteiger partial charge in [-0.15, -0.1) is 0 Å². The minimum absolute atomic E-state index is 0.162. The van der Waals surface area contributed by atoms with Gasteiger partial charge >= 0.3 is 0 Å². The van der Waals surface area contributed by atoms with Crippen LogP contribution in [0.1, 0.15) is 37.7 Å². The van der Waals surface area contributed by atoms with E-state index in [4.69, 9.17) is 4.74 Å². The smallest absolute Gasteiger partial charge is 0.240 e. The van der Waals surface area contributed by atoms with Gasteiger partial charge in [-0.25, -0.2) is 0 Å². The highest BCUT2D eigenvalue weighted by Crippen LogP contribution is 2.46. The van der Waals surface area contributed by atoms with Crippen molar-refractivity contribution in [1.29, 1.82) is 0 Å². The molecule has 6 heteroatoms. The molecule has 1 heterocycles. The molecular weight excluding hydrogens is 308 g/mol. The summed E-state index contributed by atoms with van der Waals surface area (Å²) in [5.41, 5.74) is 0.406. The molecule has 1 aliphatic heterocycles. The fourth-order valence-electron chi connectivity index (χ4n) is 3.61. The summed E-state index contributed by atoms with van der Waals surface area (Å²) in [6, 6.07) is 7.36. The first-order chi connectivity index (χ1) is 11.5. The van der Waals surface area contributed by atoms with Crippen LogP contribution < -0.4 is 10.1 Å². The monoisotopic (exact) mass is 330 g/mol. The number of rotatable bonds is 5. The van der Waals surface area contributed by atoms with E-state index in [-0.39, 0.29) is 30.7 Å². The predicted molar refractivity (Wildman–Crippen MR) is 87.1 cm³/mol. The molecule has 2 aliphatic rings. The van der Waals surface area contributed by atoms with Crippen LogP contribution in [0.5, 0.6) is 5.75 Å². The molecule has 128 valence electrons. The van der Waals surface area contributed by atoms with Crippen molar-refractivity contribution in [3.05, 3.63) is 29.8 Å². The molecule has 1 aromatic rings. The average molecular weight is 330 g/mol. The number of carbonyl (C=O) groups excluding carboxylic acids is 3. The molecule has 0 unspecified atom stereocenters. The second-order valence-electron chi connectivity index (χ2n) is 6.57. The molecule has 1 aromatic carbocycles. The summed E-state index contributed by atoms with van der Waals surface area (Å²) in [4.78, 5) is 37.9. The maximum atomic E-state index is 12.5. The maximum absolute atomic E-state index is 12.5. The van der Waals surface area contributed by atoms with Crippen LogP contribution in [0.2, 0.25) is 0 Å². The van der Waals surface area contributed by atoms with Gasteiger partial charge < -0.3 is 10.1 Å². The maximum Gasteiger partial charge on any atom is 0.240 e. The van der Waals surface area contributed by atoms with E-state index >= 15 is 0 Å². The van der Waals surface area contributed by atoms with E-state index in [0.29, 0.717) is 6.54 Å². The van der Waals surface area contributed by atoms with E-state index in [1.165, 1.54) is 0 Å². The molecule has 24 heavy (non-hydrogen) atoms. The van der Waals surface area contributed by atoms with Crippen molar-refractivity contribution < 1.29 is 19.1 Å². The average Bonchev–Trinajstić information content (AvgIpc) is 3.14. The Hall–Kier alpha value is -2.37. The number of methoxy groups -OCH3 is 1. The van der Waals surface area contributed by atoms with Crippen LogP contribution >= 0.6 is 0 Å². The first-order valence-electron chi connectivity index (χ1n) is 8.28. The summed E-state index contributed by atoms with van der Waals surface area (Å²) in [5, 5.41) is 2.76. The number of nitrogens with zero attached hydrogens (tertiary/aromatic N) is 1. The van der Waals surface area contributed by atoms with E-state index < -0.39 is 5.41 Å². The first-order valence-corrected chi connectivity index (χ1v) is 8.28. The Morgan fingerprint density at radius 3 is 2.50 bits per heavy atom. The van der Waals surface area contributed by atoms with Crippen LogP contribution in [0.25, 0.3) is 0 Å². The highest BCUT2D eigenvalue weighted by atomic mass is 16.5. The molecule has 3 rings (SSSR count). The van der Waals surface area contributed by atoms with Crippen molar-refractivity contribution in [2.75, 3.05) is 13.7 Å². The van der Waals surface area contributed by atoms with E-state index in [1.54, 1.807) is 7.11 Å². The van der Waals surface area contributed by atoms with Gasteiger partial charge in [-0.2, -0.15) is 0 Å². The van der Waals surface area contributed by atoms with Crippen LogP contribution in [0.15, 0.2) is 24.3 Å². The number of benzene rings is 1. The third-order valence-electron chi connectivity index (χ3n) is 5.00. The second-order valence-corrected chi connectivity index (χ2v) is 6.57. The number of hydrogen-bond donors (Lipinski definition) is 1. The van der Waals surface area contributed by atoms with Crippen LogP contribution in [-0.4, -0.2) is 36.3 Å². The molecular formula is C18H22N2O4. The molecule has 1 spiro atoms. The van der Waals surface area contributed by atoms with Gasteiger partial charge in [-0.3, -0.25) is 19.3 Å². The summed E-state index contributed by atoms with van der Waals surface area (Å²) in [6.45, 7) is 0.166.